The Balaban J connectivity index is 2.50. The summed E-state index contributed by atoms with van der Waals surface area (Å²) in [5, 5.41) is 9.25. The molecular weight excluding hydrogens is 240 g/mol. The molecule has 4 heteroatoms. The number of nitriles is 1. The summed E-state index contributed by atoms with van der Waals surface area (Å²) in [6.45, 7) is 0. The highest BCUT2D eigenvalue weighted by molar-refractivity contribution is 5.56. The van der Waals surface area contributed by atoms with Gasteiger partial charge in [0.05, 0.1) is 19.8 Å². The maximum absolute atomic E-state index is 9.25. The Hall–Kier alpha value is -1.73. The van der Waals surface area contributed by atoms with Gasteiger partial charge in [-0.05, 0) is 30.5 Å². The van der Waals surface area contributed by atoms with E-state index in [0.29, 0.717) is 17.1 Å². The van der Waals surface area contributed by atoms with Crippen molar-refractivity contribution in [1.29, 1.82) is 5.26 Å². The minimum atomic E-state index is -0.344. The van der Waals surface area contributed by atoms with Crippen LogP contribution in [0.1, 0.15) is 43.2 Å². The lowest BCUT2D eigenvalue weighted by Crippen LogP contribution is -2.38. The number of rotatable bonds is 3. The number of benzene rings is 1. The summed E-state index contributed by atoms with van der Waals surface area (Å²) in [6, 6.07) is 5.91. The van der Waals surface area contributed by atoms with E-state index in [-0.39, 0.29) is 5.54 Å². The number of hydrogen-bond acceptors (Lipinski definition) is 4. The molecule has 0 heterocycles. The van der Waals surface area contributed by atoms with Gasteiger partial charge in [-0.15, -0.1) is 0 Å². The fourth-order valence-corrected chi connectivity index (χ4v) is 2.81. The van der Waals surface area contributed by atoms with Crippen molar-refractivity contribution in [1.82, 2.24) is 0 Å². The Kier molecular flexibility index (Phi) is 3.96. The summed E-state index contributed by atoms with van der Waals surface area (Å²) in [5.74, 6) is 1.06. The second-order valence-corrected chi connectivity index (χ2v) is 5.09. The molecule has 0 bridgehead atoms. The first-order chi connectivity index (χ1) is 9.14. The van der Waals surface area contributed by atoms with Gasteiger partial charge in [0.15, 0.2) is 11.5 Å². The third-order valence-electron chi connectivity index (χ3n) is 3.92. The molecule has 0 saturated heterocycles. The largest absolute Gasteiger partial charge is 0.493 e. The van der Waals surface area contributed by atoms with Crippen LogP contribution < -0.4 is 15.2 Å². The molecule has 102 valence electrons. The molecular formula is C15H20N2O2. The molecule has 2 N–H and O–H groups in total. The highest BCUT2D eigenvalue weighted by Crippen LogP contribution is 2.40. The van der Waals surface area contributed by atoms with Crippen LogP contribution in [0.2, 0.25) is 0 Å². The predicted octanol–water partition coefficient (Wildman–Crippen LogP) is 2.69. The zero-order valence-electron chi connectivity index (χ0n) is 11.5. The topological polar surface area (TPSA) is 68.3 Å². The van der Waals surface area contributed by atoms with Crippen LogP contribution >= 0.6 is 0 Å². The molecule has 4 nitrogen and oxygen atoms in total. The van der Waals surface area contributed by atoms with Gasteiger partial charge >= 0.3 is 0 Å². The van der Waals surface area contributed by atoms with Gasteiger partial charge in [0.2, 0.25) is 0 Å². The van der Waals surface area contributed by atoms with Gasteiger partial charge in [0.25, 0.3) is 0 Å². The van der Waals surface area contributed by atoms with Gasteiger partial charge in [0, 0.05) is 5.54 Å². The molecule has 0 atom stereocenters. The smallest absolute Gasteiger partial charge is 0.178 e. The third kappa shape index (κ3) is 2.52. The van der Waals surface area contributed by atoms with E-state index in [9.17, 15) is 5.26 Å². The van der Waals surface area contributed by atoms with Crippen LogP contribution in [0.15, 0.2) is 12.1 Å². The van der Waals surface area contributed by atoms with Gasteiger partial charge in [-0.3, -0.25) is 0 Å². The van der Waals surface area contributed by atoms with Crippen molar-refractivity contribution in [2.24, 2.45) is 5.73 Å². The van der Waals surface area contributed by atoms with E-state index < -0.39 is 0 Å². The standard InChI is InChI=1S/C15H20N2O2/c1-18-13-9-12(8-11(10-16)14(13)19-2)15(17)6-4-3-5-7-15/h8-9H,3-7,17H2,1-2H3. The molecule has 0 aliphatic heterocycles. The molecule has 1 aliphatic rings. The molecule has 0 aromatic heterocycles. The minimum Gasteiger partial charge on any atom is -0.493 e. The van der Waals surface area contributed by atoms with Gasteiger partial charge in [0.1, 0.15) is 6.07 Å². The average Bonchev–Trinajstić information content (AvgIpc) is 2.46. The lowest BCUT2D eigenvalue weighted by atomic mass is 9.77. The van der Waals surface area contributed by atoms with E-state index in [2.05, 4.69) is 6.07 Å². The van der Waals surface area contributed by atoms with Crippen molar-refractivity contribution in [2.45, 2.75) is 37.6 Å². The normalized spacial score (nSPS) is 17.6. The molecule has 1 aromatic carbocycles. The Morgan fingerprint density at radius 1 is 1.16 bits per heavy atom. The van der Waals surface area contributed by atoms with E-state index >= 15 is 0 Å². The van der Waals surface area contributed by atoms with Crippen molar-refractivity contribution in [2.75, 3.05) is 14.2 Å². The summed E-state index contributed by atoms with van der Waals surface area (Å²) in [5.41, 5.74) is 7.62. The monoisotopic (exact) mass is 260 g/mol. The molecule has 0 amide bonds. The van der Waals surface area contributed by atoms with Gasteiger partial charge < -0.3 is 15.2 Å². The first-order valence-electron chi connectivity index (χ1n) is 6.60. The number of nitrogens with two attached hydrogens (primary N) is 1. The van der Waals surface area contributed by atoms with E-state index in [1.54, 1.807) is 7.11 Å². The van der Waals surface area contributed by atoms with Crippen LogP contribution in [-0.2, 0) is 5.54 Å². The Morgan fingerprint density at radius 3 is 2.37 bits per heavy atom. The van der Waals surface area contributed by atoms with Crippen LogP contribution in [0.4, 0.5) is 0 Å². The zero-order chi connectivity index (χ0) is 13.9. The van der Waals surface area contributed by atoms with Crippen molar-refractivity contribution in [3.8, 4) is 17.6 Å². The van der Waals surface area contributed by atoms with E-state index in [4.69, 9.17) is 15.2 Å². The lowest BCUT2D eigenvalue weighted by Gasteiger charge is -2.34. The third-order valence-corrected chi connectivity index (χ3v) is 3.92. The van der Waals surface area contributed by atoms with Crippen LogP contribution in [0, 0.1) is 11.3 Å². The molecule has 19 heavy (non-hydrogen) atoms. The number of hydrogen-bond donors (Lipinski definition) is 1. The summed E-state index contributed by atoms with van der Waals surface area (Å²) >= 11 is 0. The summed E-state index contributed by atoms with van der Waals surface area (Å²) in [4.78, 5) is 0. The van der Waals surface area contributed by atoms with Crippen molar-refractivity contribution in [3.05, 3.63) is 23.3 Å². The van der Waals surface area contributed by atoms with Gasteiger partial charge in [-0.1, -0.05) is 19.3 Å². The number of methoxy groups -OCH3 is 2. The van der Waals surface area contributed by atoms with Crippen molar-refractivity contribution in [3.63, 3.8) is 0 Å². The SMILES string of the molecule is COc1cc(C2(N)CCCCC2)cc(C#N)c1OC. The van der Waals surface area contributed by atoms with Crippen molar-refractivity contribution < 1.29 is 9.47 Å². The second-order valence-electron chi connectivity index (χ2n) is 5.09. The predicted molar refractivity (Wildman–Crippen MR) is 73.2 cm³/mol. The van der Waals surface area contributed by atoms with Gasteiger partial charge in [-0.25, -0.2) is 0 Å². The van der Waals surface area contributed by atoms with Crippen LogP contribution in [0.3, 0.4) is 0 Å². The number of ether oxygens (including phenoxy) is 2. The summed E-state index contributed by atoms with van der Waals surface area (Å²) < 4.78 is 10.6. The average molecular weight is 260 g/mol. The fraction of sp³-hybridized carbons (Fsp3) is 0.533. The molecule has 1 saturated carbocycles. The van der Waals surface area contributed by atoms with E-state index in [0.717, 1.165) is 31.2 Å². The van der Waals surface area contributed by atoms with Gasteiger partial charge in [-0.2, -0.15) is 5.26 Å². The lowest BCUT2D eigenvalue weighted by molar-refractivity contribution is 0.299. The zero-order valence-corrected chi connectivity index (χ0v) is 11.5. The minimum absolute atomic E-state index is 0.344. The highest BCUT2D eigenvalue weighted by atomic mass is 16.5. The van der Waals surface area contributed by atoms with Crippen molar-refractivity contribution >= 4 is 0 Å². The quantitative estimate of drug-likeness (QED) is 0.907. The molecule has 0 spiro atoms. The Labute approximate surface area is 114 Å². The molecule has 2 rings (SSSR count). The fourth-order valence-electron chi connectivity index (χ4n) is 2.81. The molecule has 1 aliphatic carbocycles. The Bertz CT molecular complexity index is 500. The molecule has 0 unspecified atom stereocenters. The molecule has 1 fully saturated rings. The maximum atomic E-state index is 9.25. The van der Waals surface area contributed by atoms with Crippen LogP contribution in [0.5, 0.6) is 11.5 Å². The molecule has 0 radical (unpaired) electrons. The van der Waals surface area contributed by atoms with Crippen LogP contribution in [0.25, 0.3) is 0 Å². The van der Waals surface area contributed by atoms with E-state index in [1.165, 1.54) is 13.5 Å². The summed E-state index contributed by atoms with van der Waals surface area (Å²) in [7, 11) is 3.12. The highest BCUT2D eigenvalue weighted by Gasteiger charge is 2.31. The van der Waals surface area contributed by atoms with Crippen LogP contribution in [-0.4, -0.2) is 14.2 Å². The maximum Gasteiger partial charge on any atom is 0.178 e. The Morgan fingerprint density at radius 2 is 1.84 bits per heavy atom. The second kappa shape index (κ2) is 5.50. The number of nitrogens with zero attached hydrogens (tertiary/aromatic N) is 1. The first-order valence-corrected chi connectivity index (χ1v) is 6.60. The summed E-state index contributed by atoms with van der Waals surface area (Å²) in [6.07, 6.45) is 5.40. The van der Waals surface area contributed by atoms with E-state index in [1.807, 2.05) is 12.1 Å². The molecule has 1 aromatic rings. The first kappa shape index (κ1) is 13.7.